The van der Waals surface area contributed by atoms with Crippen molar-refractivity contribution in [3.8, 4) is 0 Å². The molecule has 332 valence electrons. The number of nitrogens with two attached hydrogens (primary N) is 4. The van der Waals surface area contributed by atoms with Crippen LogP contribution in [-0.4, -0.2) is 118 Å². The van der Waals surface area contributed by atoms with Crippen LogP contribution in [0.4, 0.5) is 0 Å². The van der Waals surface area contributed by atoms with Gasteiger partial charge in [-0.3, -0.25) is 33.6 Å². The predicted molar refractivity (Wildman–Crippen MR) is 228 cm³/mol. The zero-order valence-electron chi connectivity index (χ0n) is 35.6. The largest absolute Gasteiger partial charge is 1.00 e. The van der Waals surface area contributed by atoms with Gasteiger partial charge in [0.05, 0.1) is 30.1 Å². The van der Waals surface area contributed by atoms with E-state index in [-0.39, 0.29) is 164 Å². The van der Waals surface area contributed by atoms with Gasteiger partial charge in [-0.25, -0.2) is 0 Å². The number of alkyl halides is 2. The number of halogens is 2. The summed E-state index contributed by atoms with van der Waals surface area (Å²) in [6.45, 7) is 17.0. The number of primary amides is 4. The average molecular weight is 931 g/mol. The summed E-state index contributed by atoms with van der Waals surface area (Å²) in [4.78, 5) is 74.2. The summed E-state index contributed by atoms with van der Waals surface area (Å²) in [7, 11) is 0. The number of hydrogen-bond acceptors (Lipinski definition) is 12. The molecule has 0 heterocycles. The maximum absolute atomic E-state index is 11.6. The molecule has 0 aliphatic heterocycles. The zero-order valence-corrected chi connectivity index (χ0v) is 42.0. The summed E-state index contributed by atoms with van der Waals surface area (Å²) in [5.41, 5.74) is 19.3. The van der Waals surface area contributed by atoms with E-state index >= 15 is 0 Å². The number of carbonyl (C=O) groups is 7. The van der Waals surface area contributed by atoms with Crippen molar-refractivity contribution in [2.24, 2.45) is 46.6 Å². The van der Waals surface area contributed by atoms with Crippen LogP contribution in [-0.2, 0) is 33.6 Å². The van der Waals surface area contributed by atoms with Gasteiger partial charge in [-0.05, 0) is 43.9 Å². The number of aliphatic hydroxyl groups excluding tert-OH is 3. The minimum absolute atomic E-state index is 0. The second-order valence-electron chi connectivity index (χ2n) is 11.7. The van der Waals surface area contributed by atoms with Crippen LogP contribution >= 0.6 is 49.3 Å². The van der Waals surface area contributed by atoms with Crippen LogP contribution < -0.4 is 98.0 Å². The van der Waals surface area contributed by atoms with Crippen molar-refractivity contribution in [1.29, 1.82) is 0 Å². The van der Waals surface area contributed by atoms with Gasteiger partial charge < -0.3 is 61.1 Å². The van der Waals surface area contributed by atoms with Gasteiger partial charge in [-0.1, -0.05) is 47.4 Å². The van der Waals surface area contributed by atoms with Crippen LogP contribution in [0.25, 0.3) is 0 Å². The average Bonchev–Trinajstić information content (AvgIpc) is 3.15. The molecule has 0 fully saturated rings. The molecule has 0 aromatic carbocycles. The van der Waals surface area contributed by atoms with E-state index in [4.69, 9.17) is 39.8 Å². The quantitative estimate of drug-likeness (QED) is 0.0210. The second kappa shape index (κ2) is 51.8. The Morgan fingerprint density at radius 1 is 0.603 bits per heavy atom. The number of hydrogen-bond donors (Lipinski definition) is 11. The maximum atomic E-state index is 11.6. The number of carbonyl (C=O) groups excluding carboxylic acids is 7. The van der Waals surface area contributed by atoms with E-state index < -0.39 is 30.1 Å². The first-order chi connectivity index (χ1) is 25.0. The van der Waals surface area contributed by atoms with E-state index in [1.165, 1.54) is 0 Å². The van der Waals surface area contributed by atoms with Crippen molar-refractivity contribution in [3.63, 3.8) is 0 Å². The molecule has 18 nitrogen and oxygen atoms in total. The molecular weight excluding hydrogens is 863 g/mol. The second-order valence-corrected chi connectivity index (χ2v) is 12.7. The molecule has 0 aliphatic carbocycles. The Kier molecular flexibility index (Phi) is 69.0. The molecule has 0 rings (SSSR count). The first kappa shape index (κ1) is 77.3. The molecule has 24 heteroatoms. The van der Waals surface area contributed by atoms with Gasteiger partial charge in [-0.15, -0.1) is 23.2 Å². The van der Waals surface area contributed by atoms with Crippen LogP contribution in [0.15, 0.2) is 38.0 Å². The van der Waals surface area contributed by atoms with Crippen molar-refractivity contribution in [1.82, 2.24) is 16.0 Å². The zero-order chi connectivity index (χ0) is 43.4. The van der Waals surface area contributed by atoms with Crippen LogP contribution in [0.5, 0.6) is 0 Å². The third-order valence-corrected chi connectivity index (χ3v) is 7.76. The van der Waals surface area contributed by atoms with E-state index in [9.17, 15) is 43.8 Å². The monoisotopic (exact) mass is 929 g/mol. The van der Waals surface area contributed by atoms with Crippen molar-refractivity contribution in [3.05, 3.63) is 38.0 Å². The molecule has 0 saturated carbocycles. The van der Waals surface area contributed by atoms with Crippen molar-refractivity contribution in [2.45, 2.75) is 71.7 Å². The molecule has 0 aliphatic rings. The summed E-state index contributed by atoms with van der Waals surface area (Å²) in [5.74, 6) is -2.54. The van der Waals surface area contributed by atoms with E-state index in [1.54, 1.807) is 27.7 Å². The number of aliphatic hydroxyl groups is 3. The molecule has 7 atom stereocenters. The van der Waals surface area contributed by atoms with Gasteiger partial charge in [0.15, 0.2) is 0 Å². The van der Waals surface area contributed by atoms with Crippen LogP contribution in [0.3, 0.4) is 0 Å². The topological polar surface area (TPSA) is 350 Å². The Morgan fingerprint density at radius 2 is 0.862 bits per heavy atom. The van der Waals surface area contributed by atoms with Crippen molar-refractivity contribution >= 4 is 90.7 Å². The summed E-state index contributed by atoms with van der Waals surface area (Å²) < 4.78 is 0. The normalized spacial score (nSPS) is 12.6. The number of amides is 7. The number of thiol groups is 1. The fourth-order valence-electron chi connectivity index (χ4n) is 2.80. The van der Waals surface area contributed by atoms with Gasteiger partial charge in [0.2, 0.25) is 41.4 Å². The van der Waals surface area contributed by atoms with Crippen LogP contribution in [0, 0.1) is 23.7 Å². The minimum Gasteiger partial charge on any atom is -1.00 e. The minimum atomic E-state index is -0.725. The summed E-state index contributed by atoms with van der Waals surface area (Å²) in [6.07, 6.45) is 3.60. The van der Waals surface area contributed by atoms with Gasteiger partial charge in [0.1, 0.15) is 0 Å². The standard InChI is InChI=1S/C11H21ClN2O3.C11H22N2O3S.C6H10ClNO2.2C3H5NO.2Na.H2O.H2S.H/c1-7(10(13)16)3-4-8(2)11(17)14-6-9(15)5-12;1-7(10(12)15)3-4-8(2)11(16)13-5-9(14)6-17;1-2-6(10)8-4-5(9)3-7;2*1-2-3(4)5;;;;;/h7-9,15H,3-6H2,1-2H3,(H2,13,16)(H,14,17);7-9,14,17H,3-6H2,1-2H3,(H2,12,15)(H,13,16);2,5,9H,1,3-4H2,(H,8,10);2*2H,1H2,(H2,4,5);;;2*1H2;/q;;;;;2*+1;;;-1/p-1. The molecule has 7 amide bonds. The number of nitrogens with one attached hydrogen (secondary N) is 3. The molecule has 0 spiro atoms. The van der Waals surface area contributed by atoms with Crippen LogP contribution in [0.1, 0.15) is 54.8 Å². The Bertz CT molecular complexity index is 1100. The Balaban J connectivity index is -0.0000000670. The molecular formula is C34H67Cl2N7Na2O11S2. The van der Waals surface area contributed by atoms with Gasteiger partial charge in [0, 0.05) is 49.1 Å². The van der Waals surface area contributed by atoms with Gasteiger partial charge in [-0.2, -0.15) is 26.1 Å². The third kappa shape index (κ3) is 58.9. The van der Waals surface area contributed by atoms with Gasteiger partial charge >= 0.3 is 59.1 Å². The molecule has 0 aromatic rings. The molecule has 7 unspecified atom stereocenters. The molecule has 0 saturated heterocycles. The van der Waals surface area contributed by atoms with E-state index in [1.807, 2.05) is 0 Å². The Labute approximate surface area is 411 Å². The fourth-order valence-corrected chi connectivity index (χ4v) is 3.14. The predicted octanol–water partition coefficient (Wildman–Crippen LogP) is -6.57. The van der Waals surface area contributed by atoms with Gasteiger partial charge in [0.25, 0.3) is 0 Å². The maximum Gasteiger partial charge on any atom is 1.00 e. The summed E-state index contributed by atoms with van der Waals surface area (Å²) in [6, 6.07) is 0. The third-order valence-electron chi connectivity index (χ3n) is 6.62. The number of rotatable bonds is 22. The smallest absolute Gasteiger partial charge is 1.00 e. The summed E-state index contributed by atoms with van der Waals surface area (Å²) in [5, 5.41) is 34.8. The SMILES string of the molecule is C=CC(=O)NCC(O)CCl.C=CC(N)=O.C=CC(N)=O.CC(CCC(C)C(=O)NCC(O)CCl)C(N)=O.CC(CCC(C)C(=O)NCC(O)CS)C(N)=O.S.[H-].[Na+].[Na+].[OH-]. The Hall–Kier alpha value is -1.37. The molecule has 0 bridgehead atoms. The van der Waals surface area contributed by atoms with E-state index in [0.717, 1.165) is 18.2 Å². The van der Waals surface area contributed by atoms with Crippen molar-refractivity contribution < 1.29 is 115 Å². The van der Waals surface area contributed by atoms with Crippen molar-refractivity contribution in [2.75, 3.05) is 37.1 Å². The van der Waals surface area contributed by atoms with E-state index in [2.05, 4.69) is 59.8 Å². The fraction of sp³-hybridized carbons (Fsp3) is 0.618. The Morgan fingerprint density at radius 3 is 1.09 bits per heavy atom. The van der Waals surface area contributed by atoms with E-state index in [0.29, 0.717) is 31.4 Å². The van der Waals surface area contributed by atoms with Crippen LogP contribution in [0.2, 0.25) is 0 Å². The first-order valence-electron chi connectivity index (χ1n) is 16.7. The molecule has 0 radical (unpaired) electrons. The first-order valence-corrected chi connectivity index (χ1v) is 18.4. The summed E-state index contributed by atoms with van der Waals surface area (Å²) >= 11 is 14.6. The molecule has 58 heavy (non-hydrogen) atoms. The molecule has 0 aromatic heterocycles. The molecule has 15 N–H and O–H groups in total.